The van der Waals surface area contributed by atoms with Crippen LogP contribution in [0.25, 0.3) is 0 Å². The molecule has 1 aromatic carbocycles. The van der Waals surface area contributed by atoms with E-state index in [9.17, 15) is 0 Å². The maximum Gasteiger partial charge on any atom is 0.164 e. The number of unbranched alkanes of at least 4 members (excludes halogenated alkanes) is 10. The van der Waals surface area contributed by atoms with Gasteiger partial charge in [-0.3, -0.25) is 0 Å². The summed E-state index contributed by atoms with van der Waals surface area (Å²) >= 11 is 0. The number of ether oxygens (including phenoxy) is 3. The largest absolute Gasteiger partial charge is 0.493 e. The SMILES string of the molecule is CCCCCCCCOc1ccc(OCCCCCCCC)c(OC)c1. The van der Waals surface area contributed by atoms with Gasteiger partial charge in [-0.15, -0.1) is 0 Å². The Balaban J connectivity index is 2.24. The van der Waals surface area contributed by atoms with E-state index in [1.54, 1.807) is 7.11 Å². The van der Waals surface area contributed by atoms with Crippen molar-refractivity contribution in [2.24, 2.45) is 0 Å². The van der Waals surface area contributed by atoms with Crippen molar-refractivity contribution >= 4 is 0 Å². The van der Waals surface area contributed by atoms with Crippen LogP contribution in [0.1, 0.15) is 90.9 Å². The van der Waals surface area contributed by atoms with Crippen molar-refractivity contribution in [3.8, 4) is 17.2 Å². The van der Waals surface area contributed by atoms with E-state index in [1.807, 2.05) is 18.2 Å². The van der Waals surface area contributed by atoms with Crippen molar-refractivity contribution in [2.75, 3.05) is 20.3 Å². The minimum Gasteiger partial charge on any atom is -0.493 e. The van der Waals surface area contributed by atoms with Gasteiger partial charge in [-0.25, -0.2) is 0 Å². The molecule has 3 nitrogen and oxygen atoms in total. The highest BCUT2D eigenvalue weighted by atomic mass is 16.5. The summed E-state index contributed by atoms with van der Waals surface area (Å²) in [4.78, 5) is 0. The van der Waals surface area contributed by atoms with E-state index in [-0.39, 0.29) is 0 Å². The van der Waals surface area contributed by atoms with Crippen molar-refractivity contribution in [2.45, 2.75) is 90.9 Å². The van der Waals surface area contributed by atoms with Crippen molar-refractivity contribution in [1.82, 2.24) is 0 Å². The molecule has 0 aliphatic carbocycles. The second kappa shape index (κ2) is 15.8. The van der Waals surface area contributed by atoms with E-state index < -0.39 is 0 Å². The molecule has 0 saturated heterocycles. The van der Waals surface area contributed by atoms with E-state index in [0.29, 0.717) is 0 Å². The Kier molecular flexibility index (Phi) is 13.8. The van der Waals surface area contributed by atoms with Gasteiger partial charge in [-0.1, -0.05) is 78.1 Å². The van der Waals surface area contributed by atoms with Crippen LogP contribution in [0.5, 0.6) is 17.2 Å². The second-order valence-electron chi connectivity index (χ2n) is 7.05. The van der Waals surface area contributed by atoms with Crippen molar-refractivity contribution in [3.63, 3.8) is 0 Å². The first-order valence-corrected chi connectivity index (χ1v) is 10.8. The van der Waals surface area contributed by atoms with Gasteiger partial charge < -0.3 is 14.2 Å². The smallest absolute Gasteiger partial charge is 0.164 e. The first kappa shape index (κ1) is 22.7. The lowest BCUT2D eigenvalue weighted by atomic mass is 10.1. The van der Waals surface area contributed by atoms with Gasteiger partial charge >= 0.3 is 0 Å². The molecular weight excluding hydrogens is 324 g/mol. The fraction of sp³-hybridized carbons (Fsp3) is 0.739. The fourth-order valence-corrected chi connectivity index (χ4v) is 2.99. The monoisotopic (exact) mass is 364 g/mol. The van der Waals surface area contributed by atoms with Gasteiger partial charge in [0, 0.05) is 6.07 Å². The highest BCUT2D eigenvalue weighted by Crippen LogP contribution is 2.31. The number of hydrogen-bond acceptors (Lipinski definition) is 3. The lowest BCUT2D eigenvalue weighted by Crippen LogP contribution is -2.01. The first-order valence-electron chi connectivity index (χ1n) is 10.8. The van der Waals surface area contributed by atoms with Gasteiger partial charge in [0.25, 0.3) is 0 Å². The van der Waals surface area contributed by atoms with E-state index >= 15 is 0 Å². The molecule has 0 bridgehead atoms. The Labute approximate surface area is 161 Å². The summed E-state index contributed by atoms with van der Waals surface area (Å²) in [6, 6.07) is 5.89. The second-order valence-corrected chi connectivity index (χ2v) is 7.05. The number of hydrogen-bond donors (Lipinski definition) is 0. The molecule has 0 N–H and O–H groups in total. The van der Waals surface area contributed by atoms with Crippen molar-refractivity contribution in [3.05, 3.63) is 18.2 Å². The summed E-state index contributed by atoms with van der Waals surface area (Å²) in [5, 5.41) is 0. The third-order valence-electron chi connectivity index (χ3n) is 4.66. The average Bonchev–Trinajstić information content (AvgIpc) is 2.67. The molecule has 0 aromatic heterocycles. The number of rotatable bonds is 17. The third-order valence-corrected chi connectivity index (χ3v) is 4.66. The van der Waals surface area contributed by atoms with Crippen LogP contribution in [-0.4, -0.2) is 20.3 Å². The van der Waals surface area contributed by atoms with Crippen LogP contribution in [0.3, 0.4) is 0 Å². The van der Waals surface area contributed by atoms with Crippen molar-refractivity contribution < 1.29 is 14.2 Å². The zero-order valence-corrected chi connectivity index (χ0v) is 17.4. The summed E-state index contributed by atoms with van der Waals surface area (Å²) in [6.45, 7) is 6.02. The lowest BCUT2D eigenvalue weighted by molar-refractivity contribution is 0.278. The van der Waals surface area contributed by atoms with Crippen LogP contribution in [0.2, 0.25) is 0 Å². The van der Waals surface area contributed by atoms with Gasteiger partial charge in [0.2, 0.25) is 0 Å². The van der Waals surface area contributed by atoms with E-state index in [1.165, 1.54) is 64.2 Å². The van der Waals surface area contributed by atoms with Gasteiger partial charge in [-0.2, -0.15) is 0 Å². The average molecular weight is 365 g/mol. The first-order chi connectivity index (χ1) is 12.8. The van der Waals surface area contributed by atoms with Crippen LogP contribution in [-0.2, 0) is 0 Å². The molecule has 1 rings (SSSR count). The van der Waals surface area contributed by atoms with Crippen LogP contribution >= 0.6 is 0 Å². The predicted molar refractivity (Wildman–Crippen MR) is 111 cm³/mol. The summed E-state index contributed by atoms with van der Waals surface area (Å²) in [7, 11) is 1.68. The topological polar surface area (TPSA) is 27.7 Å². The standard InChI is InChI=1S/C23H40O3/c1-4-6-8-10-12-14-18-25-21-16-17-22(23(20-21)24-3)26-19-15-13-11-9-7-5-2/h16-17,20H,4-15,18-19H2,1-3H3. The van der Waals surface area contributed by atoms with Gasteiger partial charge in [0.1, 0.15) is 5.75 Å². The molecule has 0 fully saturated rings. The molecule has 1 aromatic rings. The minimum absolute atomic E-state index is 0.750. The Bertz CT molecular complexity index is 445. The third kappa shape index (κ3) is 10.6. The highest BCUT2D eigenvalue weighted by molar-refractivity contribution is 5.45. The minimum atomic E-state index is 0.750. The van der Waals surface area contributed by atoms with E-state index in [2.05, 4.69) is 13.8 Å². The zero-order valence-electron chi connectivity index (χ0n) is 17.4. The predicted octanol–water partition coefficient (Wildman–Crippen LogP) is 7.17. The molecule has 26 heavy (non-hydrogen) atoms. The molecule has 0 unspecified atom stereocenters. The summed E-state index contributed by atoms with van der Waals surface area (Å²) < 4.78 is 17.2. The number of benzene rings is 1. The highest BCUT2D eigenvalue weighted by Gasteiger charge is 2.06. The van der Waals surface area contributed by atoms with Gasteiger partial charge in [0.05, 0.1) is 20.3 Å². The van der Waals surface area contributed by atoms with Crippen LogP contribution in [0.4, 0.5) is 0 Å². The maximum absolute atomic E-state index is 5.89. The molecule has 3 heteroatoms. The van der Waals surface area contributed by atoms with Crippen molar-refractivity contribution in [1.29, 1.82) is 0 Å². The number of methoxy groups -OCH3 is 1. The zero-order chi connectivity index (χ0) is 18.9. The maximum atomic E-state index is 5.89. The molecule has 0 aliphatic rings. The van der Waals surface area contributed by atoms with Crippen LogP contribution in [0, 0.1) is 0 Å². The quantitative estimate of drug-likeness (QED) is 0.274. The summed E-state index contributed by atoms with van der Waals surface area (Å²) in [5.74, 6) is 2.44. The Morgan fingerprint density at radius 3 is 1.73 bits per heavy atom. The molecule has 0 saturated carbocycles. The summed E-state index contributed by atoms with van der Waals surface area (Å²) in [5.41, 5.74) is 0. The van der Waals surface area contributed by atoms with Crippen LogP contribution in [0.15, 0.2) is 18.2 Å². The molecular formula is C23H40O3. The Morgan fingerprint density at radius 2 is 1.15 bits per heavy atom. The molecule has 0 heterocycles. The van der Waals surface area contributed by atoms with Gasteiger partial charge in [-0.05, 0) is 25.0 Å². The Hall–Kier alpha value is -1.38. The Morgan fingerprint density at radius 1 is 0.615 bits per heavy atom. The normalized spacial score (nSPS) is 10.7. The molecule has 0 atom stereocenters. The molecule has 0 amide bonds. The van der Waals surface area contributed by atoms with Crippen LogP contribution < -0.4 is 14.2 Å². The molecule has 0 aliphatic heterocycles. The van der Waals surface area contributed by atoms with Gasteiger partial charge in [0.15, 0.2) is 11.5 Å². The van der Waals surface area contributed by atoms with E-state index in [0.717, 1.165) is 43.3 Å². The molecule has 150 valence electrons. The molecule has 0 spiro atoms. The lowest BCUT2D eigenvalue weighted by Gasteiger charge is -2.13. The summed E-state index contributed by atoms with van der Waals surface area (Å²) in [6.07, 6.45) is 15.3. The van der Waals surface area contributed by atoms with E-state index in [4.69, 9.17) is 14.2 Å². The fourth-order valence-electron chi connectivity index (χ4n) is 2.99. The molecule has 0 radical (unpaired) electrons.